The molecular formula is C16H26N2O4. The highest BCUT2D eigenvalue weighted by Gasteiger charge is 2.20. The van der Waals surface area contributed by atoms with Crippen molar-refractivity contribution in [3.05, 3.63) is 23.3 Å². The normalized spacial score (nSPS) is 12.5. The molecule has 1 rings (SSSR count). The number of nitrogens with one attached hydrogen (secondary N) is 1. The molecule has 0 heterocycles. The van der Waals surface area contributed by atoms with Crippen LogP contribution in [0.15, 0.2) is 12.1 Å². The predicted molar refractivity (Wildman–Crippen MR) is 85.4 cm³/mol. The van der Waals surface area contributed by atoms with Crippen LogP contribution < -0.4 is 20.5 Å². The zero-order valence-electron chi connectivity index (χ0n) is 14.1. The lowest BCUT2D eigenvalue weighted by molar-refractivity contribution is 0.0524. The number of benzene rings is 1. The lowest BCUT2D eigenvalue weighted by Gasteiger charge is -2.22. The summed E-state index contributed by atoms with van der Waals surface area (Å²) in [6.45, 7) is 7.57. The average molecular weight is 310 g/mol. The maximum atomic E-state index is 11.7. The Kier molecular flexibility index (Phi) is 6.05. The molecule has 1 aromatic rings. The molecule has 1 atom stereocenters. The van der Waals surface area contributed by atoms with Crippen LogP contribution in [0.25, 0.3) is 0 Å². The first-order valence-corrected chi connectivity index (χ1v) is 7.13. The van der Waals surface area contributed by atoms with Crippen LogP contribution in [0.2, 0.25) is 0 Å². The number of carbonyl (C=O) groups excluding carboxylic acids is 1. The molecule has 0 aliphatic carbocycles. The van der Waals surface area contributed by atoms with Crippen LogP contribution in [0, 0.1) is 6.92 Å². The van der Waals surface area contributed by atoms with E-state index in [-0.39, 0.29) is 6.54 Å². The molecule has 1 aromatic carbocycles. The fourth-order valence-electron chi connectivity index (χ4n) is 2.10. The minimum atomic E-state index is -0.539. The second-order valence-electron chi connectivity index (χ2n) is 6.00. The van der Waals surface area contributed by atoms with Gasteiger partial charge in [-0.15, -0.1) is 0 Å². The van der Waals surface area contributed by atoms with Gasteiger partial charge >= 0.3 is 6.09 Å². The van der Waals surface area contributed by atoms with E-state index in [1.165, 1.54) is 0 Å². The number of ether oxygens (including phenoxy) is 3. The second kappa shape index (κ2) is 7.35. The summed E-state index contributed by atoms with van der Waals surface area (Å²) in [6, 6.07) is 3.26. The SMILES string of the molecule is COc1ccc(C(N)CNC(=O)OC(C)(C)C)c(OC)c1C. The average Bonchev–Trinajstić information content (AvgIpc) is 2.42. The monoisotopic (exact) mass is 310 g/mol. The minimum Gasteiger partial charge on any atom is -0.496 e. The number of rotatable bonds is 5. The van der Waals surface area contributed by atoms with Gasteiger partial charge in [-0.2, -0.15) is 0 Å². The Balaban J connectivity index is 2.80. The number of alkyl carbamates (subject to hydrolysis) is 1. The van der Waals surface area contributed by atoms with Crippen molar-refractivity contribution in [2.24, 2.45) is 5.73 Å². The van der Waals surface area contributed by atoms with Crippen molar-refractivity contribution >= 4 is 6.09 Å². The fourth-order valence-corrected chi connectivity index (χ4v) is 2.10. The molecule has 22 heavy (non-hydrogen) atoms. The molecule has 6 nitrogen and oxygen atoms in total. The van der Waals surface area contributed by atoms with Crippen molar-refractivity contribution in [3.63, 3.8) is 0 Å². The van der Waals surface area contributed by atoms with Crippen LogP contribution in [0.3, 0.4) is 0 Å². The molecule has 0 aliphatic heterocycles. The number of amides is 1. The Morgan fingerprint density at radius 2 is 1.91 bits per heavy atom. The van der Waals surface area contributed by atoms with Gasteiger partial charge in [-0.25, -0.2) is 4.79 Å². The van der Waals surface area contributed by atoms with Crippen molar-refractivity contribution < 1.29 is 19.0 Å². The van der Waals surface area contributed by atoms with E-state index < -0.39 is 17.7 Å². The summed E-state index contributed by atoms with van der Waals surface area (Å²) >= 11 is 0. The molecule has 3 N–H and O–H groups in total. The highest BCUT2D eigenvalue weighted by atomic mass is 16.6. The zero-order chi connectivity index (χ0) is 16.9. The maximum absolute atomic E-state index is 11.7. The van der Waals surface area contributed by atoms with E-state index in [0.29, 0.717) is 5.75 Å². The van der Waals surface area contributed by atoms with Crippen molar-refractivity contribution in [2.75, 3.05) is 20.8 Å². The Bertz CT molecular complexity index is 524. The van der Waals surface area contributed by atoms with Gasteiger partial charge in [0.05, 0.1) is 20.3 Å². The topological polar surface area (TPSA) is 82.8 Å². The third kappa shape index (κ3) is 4.80. The number of nitrogens with two attached hydrogens (primary N) is 1. The van der Waals surface area contributed by atoms with E-state index in [4.69, 9.17) is 19.9 Å². The van der Waals surface area contributed by atoms with Crippen molar-refractivity contribution in [1.82, 2.24) is 5.32 Å². The molecule has 0 aliphatic rings. The van der Waals surface area contributed by atoms with Crippen LogP contribution in [-0.4, -0.2) is 32.5 Å². The first-order valence-electron chi connectivity index (χ1n) is 7.13. The van der Waals surface area contributed by atoms with Crippen molar-refractivity contribution in [2.45, 2.75) is 39.3 Å². The standard InChI is InChI=1S/C16H26N2O4/c1-10-13(20-5)8-7-11(14(10)21-6)12(17)9-18-15(19)22-16(2,3)4/h7-8,12H,9,17H2,1-6H3,(H,18,19). The Labute approximate surface area is 131 Å². The van der Waals surface area contributed by atoms with Crippen LogP contribution in [0.5, 0.6) is 11.5 Å². The lowest BCUT2D eigenvalue weighted by atomic mass is 10.0. The Hall–Kier alpha value is -1.95. The first kappa shape index (κ1) is 18.1. The van der Waals surface area contributed by atoms with Gasteiger partial charge in [-0.05, 0) is 39.8 Å². The lowest BCUT2D eigenvalue weighted by Crippen LogP contribution is -2.36. The van der Waals surface area contributed by atoms with Gasteiger partial charge < -0.3 is 25.3 Å². The molecule has 0 bridgehead atoms. The van der Waals surface area contributed by atoms with E-state index in [9.17, 15) is 4.79 Å². The van der Waals surface area contributed by atoms with Crippen LogP contribution in [0.1, 0.15) is 37.9 Å². The Morgan fingerprint density at radius 1 is 1.27 bits per heavy atom. The summed E-state index contributed by atoms with van der Waals surface area (Å²) in [5.74, 6) is 1.39. The van der Waals surface area contributed by atoms with Crippen LogP contribution in [0.4, 0.5) is 4.79 Å². The molecule has 0 fully saturated rings. The summed E-state index contributed by atoms with van der Waals surface area (Å²) in [6.07, 6.45) is -0.493. The molecule has 0 spiro atoms. The van der Waals surface area contributed by atoms with E-state index in [2.05, 4.69) is 5.32 Å². The van der Waals surface area contributed by atoms with Gasteiger partial charge in [0.25, 0.3) is 0 Å². The molecule has 0 radical (unpaired) electrons. The molecule has 6 heteroatoms. The quantitative estimate of drug-likeness (QED) is 0.873. The predicted octanol–water partition coefficient (Wildman–Crippen LogP) is 2.54. The third-order valence-electron chi connectivity index (χ3n) is 3.08. The van der Waals surface area contributed by atoms with Crippen LogP contribution in [-0.2, 0) is 4.74 Å². The first-order chi connectivity index (χ1) is 10.2. The number of methoxy groups -OCH3 is 2. The minimum absolute atomic E-state index is 0.247. The van der Waals surface area contributed by atoms with E-state index in [1.54, 1.807) is 14.2 Å². The fraction of sp³-hybridized carbons (Fsp3) is 0.562. The molecule has 1 amide bonds. The summed E-state index contributed by atoms with van der Waals surface area (Å²) < 4.78 is 15.9. The van der Waals surface area contributed by atoms with Crippen molar-refractivity contribution in [3.8, 4) is 11.5 Å². The van der Waals surface area contributed by atoms with E-state index >= 15 is 0 Å². The molecular weight excluding hydrogens is 284 g/mol. The number of hydrogen-bond acceptors (Lipinski definition) is 5. The smallest absolute Gasteiger partial charge is 0.407 e. The third-order valence-corrected chi connectivity index (χ3v) is 3.08. The maximum Gasteiger partial charge on any atom is 0.407 e. The highest BCUT2D eigenvalue weighted by Crippen LogP contribution is 2.33. The number of carbonyl (C=O) groups is 1. The molecule has 124 valence electrons. The Morgan fingerprint density at radius 3 is 2.41 bits per heavy atom. The van der Waals surface area contributed by atoms with Gasteiger partial charge in [-0.1, -0.05) is 0 Å². The summed E-state index contributed by atoms with van der Waals surface area (Å²) in [4.78, 5) is 11.7. The van der Waals surface area contributed by atoms with Gasteiger partial charge in [-0.3, -0.25) is 0 Å². The molecule has 1 unspecified atom stereocenters. The second-order valence-corrected chi connectivity index (χ2v) is 6.00. The van der Waals surface area contributed by atoms with Gasteiger partial charge in [0.2, 0.25) is 0 Å². The summed E-state index contributed by atoms with van der Waals surface area (Å²) in [7, 11) is 3.19. The summed E-state index contributed by atoms with van der Waals surface area (Å²) in [5.41, 5.74) is 7.29. The highest BCUT2D eigenvalue weighted by molar-refractivity contribution is 5.67. The van der Waals surface area contributed by atoms with Gasteiger partial charge in [0, 0.05) is 17.7 Å². The van der Waals surface area contributed by atoms with Crippen molar-refractivity contribution in [1.29, 1.82) is 0 Å². The van der Waals surface area contributed by atoms with Crippen LogP contribution >= 0.6 is 0 Å². The van der Waals surface area contributed by atoms with Gasteiger partial charge in [0.15, 0.2) is 0 Å². The summed E-state index contributed by atoms with van der Waals surface area (Å²) in [5, 5.41) is 2.66. The van der Waals surface area contributed by atoms with E-state index in [1.807, 2.05) is 39.8 Å². The largest absolute Gasteiger partial charge is 0.496 e. The molecule has 0 saturated heterocycles. The molecule has 0 saturated carbocycles. The molecule has 0 aromatic heterocycles. The zero-order valence-corrected chi connectivity index (χ0v) is 14.1. The van der Waals surface area contributed by atoms with Gasteiger partial charge in [0.1, 0.15) is 17.1 Å². The number of hydrogen-bond donors (Lipinski definition) is 2. The van der Waals surface area contributed by atoms with E-state index in [0.717, 1.165) is 16.9 Å².